The van der Waals surface area contributed by atoms with Gasteiger partial charge < -0.3 is 18.6 Å². The third-order valence-electron chi connectivity index (χ3n) is 5.05. The van der Waals surface area contributed by atoms with Crippen molar-refractivity contribution in [1.29, 1.82) is 0 Å². The molecule has 0 saturated carbocycles. The molecular formula is C24H16Cl2O5. The van der Waals surface area contributed by atoms with E-state index in [4.69, 9.17) is 41.8 Å². The van der Waals surface area contributed by atoms with Crippen LogP contribution in [0.3, 0.4) is 0 Å². The summed E-state index contributed by atoms with van der Waals surface area (Å²) in [6.45, 7) is 0.889. The average Bonchev–Trinajstić information content (AvgIpc) is 2.78. The second kappa shape index (κ2) is 8.27. The molecule has 4 aromatic rings. The summed E-state index contributed by atoms with van der Waals surface area (Å²) in [5, 5.41) is 1.67. The van der Waals surface area contributed by atoms with Gasteiger partial charge in [-0.05, 0) is 42.0 Å². The van der Waals surface area contributed by atoms with Gasteiger partial charge in [0.15, 0.2) is 12.2 Å². The van der Waals surface area contributed by atoms with Crippen molar-refractivity contribution in [2.45, 2.75) is 13.2 Å². The highest BCUT2D eigenvalue weighted by molar-refractivity contribution is 6.31. The van der Waals surface area contributed by atoms with Crippen molar-refractivity contribution in [3.8, 4) is 22.6 Å². The van der Waals surface area contributed by atoms with E-state index < -0.39 is 0 Å². The van der Waals surface area contributed by atoms with Gasteiger partial charge in [-0.3, -0.25) is 4.79 Å². The zero-order valence-electron chi connectivity index (χ0n) is 16.2. The highest BCUT2D eigenvalue weighted by atomic mass is 35.5. The van der Waals surface area contributed by atoms with Crippen LogP contribution in [-0.2, 0) is 18.0 Å². The predicted octanol–water partition coefficient (Wildman–Crippen LogP) is 6.21. The molecular weight excluding hydrogens is 439 g/mol. The van der Waals surface area contributed by atoms with Crippen LogP contribution in [0.5, 0.6) is 11.5 Å². The number of ether oxygens (including phenoxy) is 3. The molecule has 0 spiro atoms. The number of hydrogen-bond acceptors (Lipinski definition) is 5. The Labute approximate surface area is 187 Å². The Hall–Kier alpha value is -2.99. The lowest BCUT2D eigenvalue weighted by Crippen LogP contribution is -2.14. The molecule has 1 aliphatic heterocycles. The molecule has 3 aromatic carbocycles. The molecule has 0 saturated heterocycles. The van der Waals surface area contributed by atoms with E-state index in [0.717, 1.165) is 22.4 Å². The van der Waals surface area contributed by atoms with E-state index in [1.165, 1.54) is 6.26 Å². The summed E-state index contributed by atoms with van der Waals surface area (Å²) in [6.07, 6.45) is 1.46. The normalized spacial score (nSPS) is 13.0. The number of hydrogen-bond donors (Lipinski definition) is 0. The van der Waals surface area contributed by atoms with E-state index in [9.17, 15) is 4.79 Å². The van der Waals surface area contributed by atoms with Crippen LogP contribution in [0.15, 0.2) is 70.1 Å². The van der Waals surface area contributed by atoms with Crippen molar-refractivity contribution < 1.29 is 18.6 Å². The topological polar surface area (TPSA) is 57.9 Å². The van der Waals surface area contributed by atoms with E-state index in [-0.39, 0.29) is 18.8 Å². The van der Waals surface area contributed by atoms with E-state index in [1.807, 2.05) is 12.1 Å². The van der Waals surface area contributed by atoms with Gasteiger partial charge >= 0.3 is 0 Å². The Bertz CT molecular complexity index is 1330. The molecule has 31 heavy (non-hydrogen) atoms. The lowest BCUT2D eigenvalue weighted by atomic mass is 10.1. The van der Waals surface area contributed by atoms with Gasteiger partial charge in [-0.2, -0.15) is 0 Å². The first-order valence-corrected chi connectivity index (χ1v) is 10.3. The molecule has 2 heterocycles. The quantitative estimate of drug-likeness (QED) is 0.366. The Morgan fingerprint density at radius 3 is 2.65 bits per heavy atom. The Morgan fingerprint density at radius 2 is 1.81 bits per heavy atom. The SMILES string of the molecule is O=c1c(-c2ccc(Cl)cc2)coc2cc(OCc3cc(Cl)cc4c3OCOC4)ccc12. The van der Waals surface area contributed by atoms with Gasteiger partial charge in [0.2, 0.25) is 0 Å². The maximum Gasteiger partial charge on any atom is 0.200 e. The highest BCUT2D eigenvalue weighted by Gasteiger charge is 2.17. The maximum absolute atomic E-state index is 12.9. The van der Waals surface area contributed by atoms with Gasteiger partial charge in [-0.25, -0.2) is 0 Å². The first-order chi connectivity index (χ1) is 15.1. The second-order valence-electron chi connectivity index (χ2n) is 7.10. The number of fused-ring (bicyclic) bond motifs is 2. The smallest absolute Gasteiger partial charge is 0.200 e. The van der Waals surface area contributed by atoms with E-state index >= 15 is 0 Å². The minimum Gasteiger partial charge on any atom is -0.489 e. The summed E-state index contributed by atoms with van der Waals surface area (Å²) < 4.78 is 22.6. The van der Waals surface area contributed by atoms with Crippen molar-refractivity contribution in [3.05, 3.63) is 92.3 Å². The molecule has 0 unspecified atom stereocenters. The fraction of sp³-hybridized carbons (Fsp3) is 0.125. The van der Waals surface area contributed by atoms with Gasteiger partial charge in [0.05, 0.1) is 17.6 Å². The van der Waals surface area contributed by atoms with Crippen LogP contribution in [0.25, 0.3) is 22.1 Å². The van der Waals surface area contributed by atoms with Crippen LogP contribution >= 0.6 is 23.2 Å². The fourth-order valence-electron chi connectivity index (χ4n) is 3.55. The predicted molar refractivity (Wildman–Crippen MR) is 119 cm³/mol. The lowest BCUT2D eigenvalue weighted by Gasteiger charge is -2.21. The molecule has 0 N–H and O–H groups in total. The van der Waals surface area contributed by atoms with Crippen LogP contribution in [0.2, 0.25) is 10.0 Å². The van der Waals surface area contributed by atoms with E-state index in [0.29, 0.717) is 38.9 Å². The number of benzene rings is 3. The Morgan fingerprint density at radius 1 is 0.968 bits per heavy atom. The van der Waals surface area contributed by atoms with Crippen molar-refractivity contribution in [3.63, 3.8) is 0 Å². The molecule has 0 atom stereocenters. The zero-order valence-corrected chi connectivity index (χ0v) is 17.7. The Kier molecular flexibility index (Phi) is 5.32. The minimum absolute atomic E-state index is 0.118. The van der Waals surface area contributed by atoms with Gasteiger partial charge in [-0.1, -0.05) is 35.3 Å². The first-order valence-electron chi connectivity index (χ1n) is 9.54. The molecule has 0 bridgehead atoms. The molecule has 0 amide bonds. The van der Waals surface area contributed by atoms with Crippen LogP contribution < -0.4 is 14.9 Å². The third-order valence-corrected chi connectivity index (χ3v) is 5.52. The van der Waals surface area contributed by atoms with Gasteiger partial charge in [-0.15, -0.1) is 0 Å². The Balaban J connectivity index is 1.42. The summed E-state index contributed by atoms with van der Waals surface area (Å²) in [5.74, 6) is 1.30. The lowest BCUT2D eigenvalue weighted by molar-refractivity contribution is -0.0175. The highest BCUT2D eigenvalue weighted by Crippen LogP contribution is 2.33. The molecule has 1 aromatic heterocycles. The number of rotatable bonds is 4. The molecule has 5 rings (SSSR count). The molecule has 0 aliphatic carbocycles. The summed E-state index contributed by atoms with van der Waals surface area (Å²) in [5.41, 5.74) is 3.25. The maximum atomic E-state index is 12.9. The molecule has 0 fully saturated rings. The van der Waals surface area contributed by atoms with Gasteiger partial charge in [0.25, 0.3) is 0 Å². The molecule has 1 aliphatic rings. The molecule has 0 radical (unpaired) electrons. The van der Waals surface area contributed by atoms with Crippen LogP contribution in [0.1, 0.15) is 11.1 Å². The van der Waals surface area contributed by atoms with Crippen LogP contribution in [0, 0.1) is 0 Å². The molecule has 7 heteroatoms. The summed E-state index contributed by atoms with van der Waals surface area (Å²) >= 11 is 12.1. The zero-order chi connectivity index (χ0) is 21.4. The van der Waals surface area contributed by atoms with E-state index in [2.05, 4.69) is 0 Å². The third kappa shape index (κ3) is 4.00. The molecule has 5 nitrogen and oxygen atoms in total. The number of halogens is 2. The van der Waals surface area contributed by atoms with Crippen molar-refractivity contribution in [2.24, 2.45) is 0 Å². The summed E-state index contributed by atoms with van der Waals surface area (Å²) in [7, 11) is 0. The average molecular weight is 455 g/mol. The van der Waals surface area contributed by atoms with Crippen LogP contribution in [-0.4, -0.2) is 6.79 Å². The monoisotopic (exact) mass is 454 g/mol. The van der Waals surface area contributed by atoms with Gasteiger partial charge in [0.1, 0.15) is 30.0 Å². The summed E-state index contributed by atoms with van der Waals surface area (Å²) in [6, 6.07) is 15.8. The minimum atomic E-state index is -0.118. The van der Waals surface area contributed by atoms with Crippen molar-refractivity contribution in [1.82, 2.24) is 0 Å². The van der Waals surface area contributed by atoms with Crippen molar-refractivity contribution in [2.75, 3.05) is 6.79 Å². The fourth-order valence-corrected chi connectivity index (χ4v) is 3.94. The summed E-state index contributed by atoms with van der Waals surface area (Å²) in [4.78, 5) is 12.9. The van der Waals surface area contributed by atoms with E-state index in [1.54, 1.807) is 42.5 Å². The van der Waals surface area contributed by atoms with Crippen LogP contribution in [0.4, 0.5) is 0 Å². The first kappa shape index (κ1) is 19.9. The second-order valence-corrected chi connectivity index (χ2v) is 7.97. The largest absolute Gasteiger partial charge is 0.489 e. The van der Waals surface area contributed by atoms with Crippen molar-refractivity contribution >= 4 is 34.2 Å². The van der Waals surface area contributed by atoms with Gasteiger partial charge in [0, 0.05) is 27.2 Å². The molecule has 156 valence electrons. The standard InChI is InChI=1S/C24H16Cl2O5/c25-17-3-1-14(2-4-17)21-12-30-22-9-19(5-6-20(22)23(21)27)29-11-16-8-18(26)7-15-10-28-13-31-24(15)16/h1-9,12H,10-11,13H2.